The molecule has 1 aliphatic rings. The highest BCUT2D eigenvalue weighted by molar-refractivity contribution is 9.10. The molecular weight excluding hydrogens is 488 g/mol. The fourth-order valence-corrected chi connectivity index (χ4v) is 3.82. The first-order chi connectivity index (χ1) is 16.0. The Morgan fingerprint density at radius 3 is 2.55 bits per heavy atom. The van der Waals surface area contributed by atoms with Crippen molar-refractivity contribution in [2.75, 3.05) is 13.7 Å². The summed E-state index contributed by atoms with van der Waals surface area (Å²) >= 11 is 3.34. The summed E-state index contributed by atoms with van der Waals surface area (Å²) in [4.78, 5) is 12.3. The first-order valence-corrected chi connectivity index (χ1v) is 10.7. The van der Waals surface area contributed by atoms with E-state index in [1.807, 2.05) is 36.4 Å². The average molecular weight is 507 g/mol. The molecular formula is C25H19BrN2O5. The third kappa shape index (κ3) is 4.78. The van der Waals surface area contributed by atoms with Crippen LogP contribution in [0.1, 0.15) is 17.0 Å². The molecule has 1 unspecified atom stereocenters. The Bertz CT molecular complexity index is 1260. The van der Waals surface area contributed by atoms with Crippen LogP contribution in [-0.2, 0) is 4.79 Å². The normalized spacial score (nSPS) is 14.5. The Kier molecular flexibility index (Phi) is 6.52. The zero-order valence-electron chi connectivity index (χ0n) is 17.6. The van der Waals surface area contributed by atoms with E-state index in [1.54, 1.807) is 37.4 Å². The van der Waals surface area contributed by atoms with E-state index >= 15 is 0 Å². The molecule has 8 heteroatoms. The maximum absolute atomic E-state index is 12.3. The van der Waals surface area contributed by atoms with Crippen molar-refractivity contribution in [3.05, 3.63) is 93.8 Å². The van der Waals surface area contributed by atoms with Crippen molar-refractivity contribution >= 4 is 21.9 Å². The number of benzene rings is 3. The fraction of sp³-hybridized carbons (Fsp3) is 0.120. The predicted octanol–water partition coefficient (Wildman–Crippen LogP) is 4.66. The van der Waals surface area contributed by atoms with Crippen molar-refractivity contribution in [1.82, 2.24) is 0 Å². The number of rotatable bonds is 6. The molecule has 3 aromatic carbocycles. The van der Waals surface area contributed by atoms with Gasteiger partial charge in [-0.25, -0.2) is 4.79 Å². The van der Waals surface area contributed by atoms with Gasteiger partial charge in [-0.3, -0.25) is 0 Å². The van der Waals surface area contributed by atoms with Gasteiger partial charge in [0.25, 0.3) is 0 Å². The van der Waals surface area contributed by atoms with Gasteiger partial charge in [-0.05, 0) is 36.4 Å². The third-order valence-electron chi connectivity index (χ3n) is 5.04. The Labute approximate surface area is 199 Å². The minimum Gasteiger partial charge on any atom is -0.496 e. The summed E-state index contributed by atoms with van der Waals surface area (Å²) in [6, 6.07) is 21.6. The lowest BCUT2D eigenvalue weighted by Gasteiger charge is -2.27. The van der Waals surface area contributed by atoms with E-state index in [4.69, 9.17) is 24.7 Å². The van der Waals surface area contributed by atoms with Crippen LogP contribution in [0.4, 0.5) is 0 Å². The Morgan fingerprint density at radius 1 is 1.09 bits per heavy atom. The second kappa shape index (κ2) is 9.67. The van der Waals surface area contributed by atoms with Gasteiger partial charge in [0.15, 0.2) is 6.61 Å². The molecule has 0 radical (unpaired) electrons. The molecule has 7 nitrogen and oxygen atoms in total. The van der Waals surface area contributed by atoms with Crippen molar-refractivity contribution < 1.29 is 23.7 Å². The molecule has 4 rings (SSSR count). The van der Waals surface area contributed by atoms with Crippen LogP contribution in [0.2, 0.25) is 0 Å². The summed E-state index contributed by atoms with van der Waals surface area (Å²) in [6.45, 7) is -0.260. The molecule has 0 bridgehead atoms. The van der Waals surface area contributed by atoms with E-state index in [-0.39, 0.29) is 23.8 Å². The van der Waals surface area contributed by atoms with Gasteiger partial charge in [-0.1, -0.05) is 40.2 Å². The van der Waals surface area contributed by atoms with E-state index in [2.05, 4.69) is 22.0 Å². The molecule has 0 aliphatic carbocycles. The molecule has 0 amide bonds. The predicted molar refractivity (Wildman–Crippen MR) is 124 cm³/mol. The molecule has 33 heavy (non-hydrogen) atoms. The minimum atomic E-state index is -0.573. The molecule has 0 saturated heterocycles. The van der Waals surface area contributed by atoms with E-state index in [9.17, 15) is 10.1 Å². The van der Waals surface area contributed by atoms with E-state index < -0.39 is 11.9 Å². The van der Waals surface area contributed by atoms with Gasteiger partial charge >= 0.3 is 5.97 Å². The number of nitrogens with two attached hydrogens (primary N) is 1. The van der Waals surface area contributed by atoms with Gasteiger partial charge in [-0.2, -0.15) is 5.26 Å². The number of methoxy groups -OCH3 is 1. The Morgan fingerprint density at radius 2 is 1.82 bits per heavy atom. The number of allylic oxidation sites excluding steroid dienone is 1. The highest BCUT2D eigenvalue weighted by Crippen LogP contribution is 2.45. The molecule has 1 heterocycles. The summed E-state index contributed by atoms with van der Waals surface area (Å²) in [5.41, 5.74) is 7.82. The molecule has 0 fully saturated rings. The smallest absolute Gasteiger partial charge is 0.349 e. The largest absolute Gasteiger partial charge is 0.496 e. The number of para-hydroxylation sites is 1. The first kappa shape index (κ1) is 22.2. The standard InChI is InChI=1S/C25H19BrN2O5/c1-30-21-5-3-2-4-18(21)24-19-11-10-17(12-22(19)33-25(28)20(24)13-27)32-23(29)14-31-16-8-6-15(26)7-9-16/h2-12,24H,14,28H2,1H3. The number of esters is 1. The lowest BCUT2D eigenvalue weighted by atomic mass is 9.83. The molecule has 166 valence electrons. The lowest BCUT2D eigenvalue weighted by Crippen LogP contribution is -2.22. The molecule has 1 aliphatic heterocycles. The van der Waals surface area contributed by atoms with Crippen LogP contribution in [0, 0.1) is 11.3 Å². The van der Waals surface area contributed by atoms with Gasteiger partial charge in [0.1, 0.15) is 34.6 Å². The topological polar surface area (TPSA) is 104 Å². The van der Waals surface area contributed by atoms with Gasteiger partial charge in [0, 0.05) is 21.7 Å². The Balaban J connectivity index is 1.57. The number of halogens is 1. The lowest BCUT2D eigenvalue weighted by molar-refractivity contribution is -0.136. The van der Waals surface area contributed by atoms with Crippen LogP contribution < -0.4 is 24.7 Å². The minimum absolute atomic E-state index is 0.0112. The molecule has 3 aromatic rings. The van der Waals surface area contributed by atoms with Crippen LogP contribution >= 0.6 is 15.9 Å². The van der Waals surface area contributed by atoms with E-state index in [0.29, 0.717) is 22.8 Å². The van der Waals surface area contributed by atoms with Crippen LogP contribution in [0.15, 0.2) is 82.7 Å². The van der Waals surface area contributed by atoms with Crippen LogP contribution in [0.5, 0.6) is 23.0 Å². The number of nitriles is 1. The van der Waals surface area contributed by atoms with Crippen molar-refractivity contribution in [2.45, 2.75) is 5.92 Å². The third-order valence-corrected chi connectivity index (χ3v) is 5.57. The second-order valence-electron chi connectivity index (χ2n) is 7.08. The second-order valence-corrected chi connectivity index (χ2v) is 8.00. The SMILES string of the molecule is COc1ccccc1C1C(C#N)=C(N)Oc2cc(OC(=O)COc3ccc(Br)cc3)ccc21. The van der Waals surface area contributed by atoms with Gasteiger partial charge in [-0.15, -0.1) is 0 Å². The molecule has 0 saturated carbocycles. The fourth-order valence-electron chi connectivity index (χ4n) is 3.56. The highest BCUT2D eigenvalue weighted by atomic mass is 79.9. The summed E-state index contributed by atoms with van der Waals surface area (Å²) in [5, 5.41) is 9.73. The van der Waals surface area contributed by atoms with Crippen LogP contribution in [0.3, 0.4) is 0 Å². The maximum atomic E-state index is 12.3. The average Bonchev–Trinajstić information content (AvgIpc) is 2.82. The number of hydrogen-bond donors (Lipinski definition) is 1. The van der Waals surface area contributed by atoms with Gasteiger partial charge in [0.05, 0.1) is 13.0 Å². The Hall–Kier alpha value is -3.96. The summed E-state index contributed by atoms with van der Waals surface area (Å²) < 4.78 is 22.9. The summed E-state index contributed by atoms with van der Waals surface area (Å²) in [6.07, 6.45) is 0. The van der Waals surface area contributed by atoms with Crippen molar-refractivity contribution in [3.63, 3.8) is 0 Å². The number of carbonyl (C=O) groups excluding carboxylic acids is 1. The molecule has 0 aromatic heterocycles. The van der Waals surface area contributed by atoms with Crippen LogP contribution in [-0.4, -0.2) is 19.7 Å². The zero-order chi connectivity index (χ0) is 23.4. The van der Waals surface area contributed by atoms with E-state index in [1.165, 1.54) is 0 Å². The summed E-state index contributed by atoms with van der Waals surface area (Å²) in [7, 11) is 1.57. The summed E-state index contributed by atoms with van der Waals surface area (Å²) in [5.74, 6) is 0.758. The van der Waals surface area contributed by atoms with Crippen molar-refractivity contribution in [1.29, 1.82) is 5.26 Å². The van der Waals surface area contributed by atoms with Crippen molar-refractivity contribution in [2.24, 2.45) is 5.73 Å². The number of hydrogen-bond acceptors (Lipinski definition) is 7. The number of fused-ring (bicyclic) bond motifs is 1. The number of ether oxygens (including phenoxy) is 4. The maximum Gasteiger partial charge on any atom is 0.349 e. The van der Waals surface area contributed by atoms with Gasteiger partial charge < -0.3 is 24.7 Å². The number of nitrogens with zero attached hydrogens (tertiary/aromatic N) is 1. The zero-order valence-corrected chi connectivity index (χ0v) is 19.2. The van der Waals surface area contributed by atoms with Crippen molar-refractivity contribution in [3.8, 4) is 29.1 Å². The highest BCUT2D eigenvalue weighted by Gasteiger charge is 2.32. The van der Waals surface area contributed by atoms with Gasteiger partial charge in [0.2, 0.25) is 5.88 Å². The molecule has 2 N–H and O–H groups in total. The number of carbonyl (C=O) groups is 1. The first-order valence-electron chi connectivity index (χ1n) is 9.93. The van der Waals surface area contributed by atoms with Crippen LogP contribution in [0.25, 0.3) is 0 Å². The monoisotopic (exact) mass is 506 g/mol. The molecule has 0 spiro atoms. The van der Waals surface area contributed by atoms with E-state index in [0.717, 1.165) is 10.0 Å². The molecule has 1 atom stereocenters. The quantitative estimate of drug-likeness (QED) is 0.382.